The van der Waals surface area contributed by atoms with Gasteiger partial charge >= 0.3 is 0 Å². The average Bonchev–Trinajstić information content (AvgIpc) is 2.45. The van der Waals surface area contributed by atoms with E-state index in [-0.39, 0.29) is 0 Å². The first-order valence-corrected chi connectivity index (χ1v) is 6.57. The fourth-order valence-electron chi connectivity index (χ4n) is 2.02. The summed E-state index contributed by atoms with van der Waals surface area (Å²) < 4.78 is 5.33. The number of pyridine rings is 1. The highest BCUT2D eigenvalue weighted by Crippen LogP contribution is 2.08. The maximum absolute atomic E-state index is 5.33. The molecule has 0 aliphatic carbocycles. The molecular weight excluding hydrogens is 228 g/mol. The zero-order chi connectivity index (χ0) is 12.6. The Morgan fingerprint density at radius 3 is 2.83 bits per heavy atom. The van der Waals surface area contributed by atoms with Crippen molar-refractivity contribution in [3.05, 3.63) is 18.2 Å². The fourth-order valence-corrected chi connectivity index (χ4v) is 2.02. The Labute approximate surface area is 109 Å². The summed E-state index contributed by atoms with van der Waals surface area (Å²) >= 11 is 0. The summed E-state index contributed by atoms with van der Waals surface area (Å²) in [6.45, 7) is 5.96. The van der Waals surface area contributed by atoms with Crippen molar-refractivity contribution in [3.8, 4) is 0 Å². The molecule has 0 amide bonds. The Bertz CT molecular complexity index is 353. The van der Waals surface area contributed by atoms with Crippen molar-refractivity contribution in [1.29, 1.82) is 0 Å². The maximum Gasteiger partial charge on any atom is 0.128 e. The number of nitrogens with one attached hydrogen (secondary N) is 2. The van der Waals surface area contributed by atoms with Gasteiger partial charge in [0.2, 0.25) is 0 Å². The minimum absolute atomic E-state index is 0.874. The lowest BCUT2D eigenvalue weighted by molar-refractivity contribution is 0.0378. The van der Waals surface area contributed by atoms with Crippen LogP contribution < -0.4 is 10.6 Å². The Balaban J connectivity index is 1.65. The molecule has 0 bridgehead atoms. The van der Waals surface area contributed by atoms with Crippen molar-refractivity contribution in [2.24, 2.45) is 0 Å². The Hall–Kier alpha value is -1.33. The van der Waals surface area contributed by atoms with Crippen LogP contribution in [0.5, 0.6) is 0 Å². The molecular formula is C13H22N4O. The summed E-state index contributed by atoms with van der Waals surface area (Å²) in [7, 11) is 1.88. The number of hydrogen-bond donors (Lipinski definition) is 2. The topological polar surface area (TPSA) is 49.4 Å². The second-order valence-electron chi connectivity index (χ2n) is 4.39. The zero-order valence-corrected chi connectivity index (χ0v) is 11.0. The van der Waals surface area contributed by atoms with E-state index < -0.39 is 0 Å². The van der Waals surface area contributed by atoms with E-state index in [1.54, 1.807) is 0 Å². The molecule has 1 aromatic rings. The number of hydrogen-bond acceptors (Lipinski definition) is 5. The van der Waals surface area contributed by atoms with E-state index in [2.05, 4.69) is 20.5 Å². The molecule has 0 atom stereocenters. The van der Waals surface area contributed by atoms with Crippen LogP contribution in [0.25, 0.3) is 0 Å². The van der Waals surface area contributed by atoms with Crippen LogP contribution in [0.4, 0.5) is 11.6 Å². The number of morpholine rings is 1. The quantitative estimate of drug-likeness (QED) is 0.744. The van der Waals surface area contributed by atoms with Crippen LogP contribution in [-0.2, 0) is 4.74 Å². The first-order valence-electron chi connectivity index (χ1n) is 6.57. The predicted octanol–water partition coefficient (Wildman–Crippen LogP) is 1.26. The maximum atomic E-state index is 5.33. The van der Waals surface area contributed by atoms with Gasteiger partial charge in [0.15, 0.2) is 0 Å². The number of ether oxygens (including phenoxy) is 1. The number of rotatable bonds is 6. The summed E-state index contributed by atoms with van der Waals surface area (Å²) in [5.74, 6) is 1.83. The first-order chi connectivity index (χ1) is 8.88. The van der Waals surface area contributed by atoms with E-state index in [1.807, 2.05) is 25.2 Å². The molecule has 0 aromatic carbocycles. The van der Waals surface area contributed by atoms with Gasteiger partial charge in [-0.1, -0.05) is 6.07 Å². The van der Waals surface area contributed by atoms with Crippen molar-refractivity contribution >= 4 is 11.6 Å². The Morgan fingerprint density at radius 2 is 2.06 bits per heavy atom. The standard InChI is InChI=1S/C13H22N4O/c1-14-12-4-2-5-13(16-12)15-6-3-7-17-8-10-18-11-9-17/h2,4-5H,3,6-11H2,1H3,(H2,14,15,16). The molecule has 100 valence electrons. The molecule has 18 heavy (non-hydrogen) atoms. The normalized spacial score (nSPS) is 16.5. The second-order valence-corrected chi connectivity index (χ2v) is 4.39. The number of anilines is 2. The molecule has 2 rings (SSSR count). The van der Waals surface area contributed by atoms with Crippen LogP contribution in [0.2, 0.25) is 0 Å². The van der Waals surface area contributed by atoms with Crippen LogP contribution >= 0.6 is 0 Å². The predicted molar refractivity (Wildman–Crippen MR) is 74.1 cm³/mol. The zero-order valence-electron chi connectivity index (χ0n) is 11.0. The van der Waals surface area contributed by atoms with Crippen LogP contribution in [0, 0.1) is 0 Å². The molecule has 1 aliphatic heterocycles. The molecule has 1 aliphatic rings. The second kappa shape index (κ2) is 7.18. The summed E-state index contributed by atoms with van der Waals surface area (Å²) in [6, 6.07) is 5.96. The molecule has 5 heteroatoms. The Kier molecular flexibility index (Phi) is 5.23. The smallest absolute Gasteiger partial charge is 0.128 e. The molecule has 2 N–H and O–H groups in total. The van der Waals surface area contributed by atoms with Crippen molar-refractivity contribution < 1.29 is 4.74 Å². The average molecular weight is 250 g/mol. The van der Waals surface area contributed by atoms with E-state index in [1.165, 1.54) is 0 Å². The van der Waals surface area contributed by atoms with Crippen LogP contribution in [0.15, 0.2) is 18.2 Å². The van der Waals surface area contributed by atoms with Crippen molar-refractivity contribution in [3.63, 3.8) is 0 Å². The first kappa shape index (κ1) is 13.1. The van der Waals surface area contributed by atoms with Gasteiger partial charge < -0.3 is 15.4 Å². The highest BCUT2D eigenvalue weighted by atomic mass is 16.5. The number of nitrogens with zero attached hydrogens (tertiary/aromatic N) is 2. The van der Waals surface area contributed by atoms with Gasteiger partial charge in [0.25, 0.3) is 0 Å². The van der Waals surface area contributed by atoms with Gasteiger partial charge in [0.05, 0.1) is 13.2 Å². The van der Waals surface area contributed by atoms with Crippen molar-refractivity contribution in [1.82, 2.24) is 9.88 Å². The summed E-state index contributed by atoms with van der Waals surface area (Å²) in [6.07, 6.45) is 1.13. The summed E-state index contributed by atoms with van der Waals surface area (Å²) in [4.78, 5) is 6.87. The van der Waals surface area contributed by atoms with Crippen LogP contribution in [0.1, 0.15) is 6.42 Å². The van der Waals surface area contributed by atoms with Gasteiger partial charge in [-0.3, -0.25) is 4.90 Å². The molecule has 0 spiro atoms. The monoisotopic (exact) mass is 250 g/mol. The van der Waals surface area contributed by atoms with Gasteiger partial charge in [0, 0.05) is 26.7 Å². The van der Waals surface area contributed by atoms with Crippen molar-refractivity contribution in [2.75, 3.05) is 57.1 Å². The third kappa shape index (κ3) is 4.16. The molecule has 0 unspecified atom stereocenters. The molecule has 1 fully saturated rings. The lowest BCUT2D eigenvalue weighted by Crippen LogP contribution is -2.37. The number of aromatic nitrogens is 1. The Morgan fingerprint density at radius 1 is 1.28 bits per heavy atom. The molecule has 1 aromatic heterocycles. The van der Waals surface area contributed by atoms with Gasteiger partial charge in [-0.05, 0) is 25.1 Å². The molecule has 0 saturated carbocycles. The van der Waals surface area contributed by atoms with Gasteiger partial charge in [-0.25, -0.2) is 4.98 Å². The molecule has 0 radical (unpaired) electrons. The van der Waals surface area contributed by atoms with Crippen LogP contribution in [-0.4, -0.2) is 56.3 Å². The third-order valence-electron chi connectivity index (χ3n) is 3.07. The minimum Gasteiger partial charge on any atom is -0.379 e. The molecule has 5 nitrogen and oxygen atoms in total. The SMILES string of the molecule is CNc1cccc(NCCCN2CCOCC2)n1. The molecule has 1 saturated heterocycles. The van der Waals surface area contributed by atoms with Crippen molar-refractivity contribution in [2.45, 2.75) is 6.42 Å². The van der Waals surface area contributed by atoms with E-state index in [4.69, 9.17) is 4.74 Å². The highest BCUT2D eigenvalue weighted by Gasteiger charge is 2.08. The molecule has 2 heterocycles. The summed E-state index contributed by atoms with van der Waals surface area (Å²) in [5.41, 5.74) is 0. The van der Waals surface area contributed by atoms with E-state index in [9.17, 15) is 0 Å². The minimum atomic E-state index is 0.874. The lowest BCUT2D eigenvalue weighted by atomic mass is 10.3. The summed E-state index contributed by atoms with van der Waals surface area (Å²) in [5, 5.41) is 6.39. The van der Waals surface area contributed by atoms with Gasteiger partial charge in [-0.2, -0.15) is 0 Å². The third-order valence-corrected chi connectivity index (χ3v) is 3.07. The largest absolute Gasteiger partial charge is 0.379 e. The lowest BCUT2D eigenvalue weighted by Gasteiger charge is -2.26. The highest BCUT2D eigenvalue weighted by molar-refractivity contribution is 5.44. The van der Waals surface area contributed by atoms with Gasteiger partial charge in [0.1, 0.15) is 11.6 Å². The van der Waals surface area contributed by atoms with E-state index >= 15 is 0 Å². The van der Waals surface area contributed by atoms with E-state index in [0.29, 0.717) is 0 Å². The van der Waals surface area contributed by atoms with Gasteiger partial charge in [-0.15, -0.1) is 0 Å². The van der Waals surface area contributed by atoms with E-state index in [0.717, 1.165) is 57.4 Å². The fraction of sp³-hybridized carbons (Fsp3) is 0.615. The van der Waals surface area contributed by atoms with Crippen LogP contribution in [0.3, 0.4) is 0 Å².